The Balaban J connectivity index is 2.10. The number of rotatable bonds is 6. The second kappa shape index (κ2) is 6.47. The van der Waals surface area contributed by atoms with Crippen molar-refractivity contribution in [3.63, 3.8) is 0 Å². The van der Waals surface area contributed by atoms with E-state index in [4.69, 9.17) is 5.73 Å². The number of carbonyl (C=O) groups is 1. The second-order valence-electron chi connectivity index (χ2n) is 4.88. The van der Waals surface area contributed by atoms with E-state index in [1.807, 2.05) is 25.8 Å². The monoisotopic (exact) mass is 240 g/mol. The van der Waals surface area contributed by atoms with Crippen molar-refractivity contribution in [1.29, 1.82) is 0 Å². The van der Waals surface area contributed by atoms with Gasteiger partial charge in [-0.15, -0.1) is 0 Å². The van der Waals surface area contributed by atoms with Gasteiger partial charge >= 0.3 is 0 Å². The van der Waals surface area contributed by atoms with Crippen LogP contribution in [0.25, 0.3) is 0 Å². The van der Waals surface area contributed by atoms with E-state index in [1.54, 1.807) is 0 Å². The molecule has 98 valence electrons. The number of guanidine groups is 1. The molecule has 0 aromatic heterocycles. The van der Waals surface area contributed by atoms with Crippen LogP contribution >= 0.6 is 0 Å². The smallest absolute Gasteiger partial charge is 0.222 e. The summed E-state index contributed by atoms with van der Waals surface area (Å²) in [6.45, 7) is 5.11. The van der Waals surface area contributed by atoms with Crippen LogP contribution in [0, 0.1) is 5.92 Å². The first-order chi connectivity index (χ1) is 8.02. The molecule has 17 heavy (non-hydrogen) atoms. The SMILES string of the molecule is CC(C)C(=O)NCCCN=C(N)N(C)C1CC1. The lowest BCUT2D eigenvalue weighted by atomic mass is 10.2. The van der Waals surface area contributed by atoms with Gasteiger partial charge in [0.1, 0.15) is 0 Å². The van der Waals surface area contributed by atoms with Gasteiger partial charge in [0.2, 0.25) is 5.91 Å². The summed E-state index contributed by atoms with van der Waals surface area (Å²) in [5.41, 5.74) is 5.84. The van der Waals surface area contributed by atoms with Gasteiger partial charge in [-0.3, -0.25) is 9.79 Å². The Hall–Kier alpha value is -1.26. The molecule has 1 aliphatic rings. The molecule has 0 aromatic rings. The number of nitrogens with zero attached hydrogens (tertiary/aromatic N) is 2. The minimum absolute atomic E-state index is 0.0459. The van der Waals surface area contributed by atoms with Gasteiger partial charge < -0.3 is 16.0 Å². The van der Waals surface area contributed by atoms with Crippen LogP contribution < -0.4 is 11.1 Å². The zero-order valence-electron chi connectivity index (χ0n) is 11.1. The highest BCUT2D eigenvalue weighted by Gasteiger charge is 2.27. The molecular formula is C12H24N4O. The van der Waals surface area contributed by atoms with E-state index in [2.05, 4.69) is 10.3 Å². The molecule has 3 N–H and O–H groups in total. The zero-order valence-corrected chi connectivity index (χ0v) is 11.1. The van der Waals surface area contributed by atoms with Crippen LogP contribution in [0.5, 0.6) is 0 Å². The zero-order chi connectivity index (χ0) is 12.8. The molecule has 1 rings (SSSR count). The first kappa shape index (κ1) is 13.8. The Morgan fingerprint density at radius 1 is 1.53 bits per heavy atom. The fraction of sp³-hybridized carbons (Fsp3) is 0.833. The van der Waals surface area contributed by atoms with Crippen LogP contribution in [-0.4, -0.2) is 42.9 Å². The predicted octanol–water partition coefficient (Wildman–Crippen LogP) is 0.558. The molecule has 0 spiro atoms. The summed E-state index contributed by atoms with van der Waals surface area (Å²) in [4.78, 5) is 17.6. The normalized spacial score (nSPS) is 16.1. The number of nitrogens with two attached hydrogens (primary N) is 1. The van der Waals surface area contributed by atoms with E-state index in [-0.39, 0.29) is 11.8 Å². The van der Waals surface area contributed by atoms with Crippen molar-refractivity contribution in [1.82, 2.24) is 10.2 Å². The van der Waals surface area contributed by atoms with Crippen molar-refractivity contribution in [3.8, 4) is 0 Å². The first-order valence-electron chi connectivity index (χ1n) is 6.33. The number of nitrogens with one attached hydrogen (secondary N) is 1. The number of amides is 1. The van der Waals surface area contributed by atoms with Crippen molar-refractivity contribution >= 4 is 11.9 Å². The van der Waals surface area contributed by atoms with Gasteiger partial charge in [0.25, 0.3) is 0 Å². The van der Waals surface area contributed by atoms with Crippen molar-refractivity contribution < 1.29 is 4.79 Å². The van der Waals surface area contributed by atoms with E-state index in [0.717, 1.165) is 6.42 Å². The topological polar surface area (TPSA) is 70.7 Å². The molecule has 0 radical (unpaired) electrons. The van der Waals surface area contributed by atoms with Crippen LogP contribution in [-0.2, 0) is 4.79 Å². The molecule has 1 fully saturated rings. The van der Waals surface area contributed by atoms with E-state index in [0.29, 0.717) is 25.1 Å². The van der Waals surface area contributed by atoms with E-state index >= 15 is 0 Å². The van der Waals surface area contributed by atoms with Gasteiger partial charge in [-0.2, -0.15) is 0 Å². The maximum atomic E-state index is 11.3. The summed E-state index contributed by atoms with van der Waals surface area (Å²) < 4.78 is 0. The quantitative estimate of drug-likeness (QED) is 0.405. The second-order valence-corrected chi connectivity index (χ2v) is 4.88. The first-order valence-corrected chi connectivity index (χ1v) is 6.33. The lowest BCUT2D eigenvalue weighted by Crippen LogP contribution is -2.36. The number of carbonyl (C=O) groups excluding carboxylic acids is 1. The summed E-state index contributed by atoms with van der Waals surface area (Å²) >= 11 is 0. The minimum Gasteiger partial charge on any atom is -0.370 e. The van der Waals surface area contributed by atoms with Crippen LogP contribution in [0.2, 0.25) is 0 Å². The fourth-order valence-electron chi connectivity index (χ4n) is 1.45. The molecule has 0 heterocycles. The van der Waals surface area contributed by atoms with Gasteiger partial charge in [-0.25, -0.2) is 0 Å². The van der Waals surface area contributed by atoms with Gasteiger partial charge in [-0.05, 0) is 19.3 Å². The van der Waals surface area contributed by atoms with E-state index in [1.165, 1.54) is 12.8 Å². The van der Waals surface area contributed by atoms with E-state index in [9.17, 15) is 4.79 Å². The van der Waals surface area contributed by atoms with Gasteiger partial charge in [-0.1, -0.05) is 13.8 Å². The predicted molar refractivity (Wildman–Crippen MR) is 69.7 cm³/mol. The van der Waals surface area contributed by atoms with Crippen LogP contribution in [0.3, 0.4) is 0 Å². The maximum Gasteiger partial charge on any atom is 0.222 e. The highest BCUT2D eigenvalue weighted by atomic mass is 16.1. The summed E-state index contributed by atoms with van der Waals surface area (Å²) in [5, 5.41) is 2.86. The summed E-state index contributed by atoms with van der Waals surface area (Å²) in [6, 6.07) is 0.597. The van der Waals surface area contributed by atoms with Gasteiger partial charge in [0.15, 0.2) is 5.96 Å². The molecule has 0 aromatic carbocycles. The third-order valence-electron chi connectivity index (χ3n) is 2.89. The molecule has 0 bridgehead atoms. The van der Waals surface area contributed by atoms with Crippen molar-refractivity contribution in [2.75, 3.05) is 20.1 Å². The highest BCUT2D eigenvalue weighted by Crippen LogP contribution is 2.24. The Morgan fingerprint density at radius 3 is 2.71 bits per heavy atom. The molecule has 5 heteroatoms. The third-order valence-corrected chi connectivity index (χ3v) is 2.89. The Morgan fingerprint density at radius 2 is 2.18 bits per heavy atom. The molecule has 0 aliphatic heterocycles. The van der Waals surface area contributed by atoms with Gasteiger partial charge in [0, 0.05) is 32.1 Å². The molecule has 5 nitrogen and oxygen atoms in total. The summed E-state index contributed by atoms with van der Waals surface area (Å²) in [6.07, 6.45) is 3.27. The van der Waals surface area contributed by atoms with Crippen LogP contribution in [0.15, 0.2) is 4.99 Å². The molecular weight excluding hydrogens is 216 g/mol. The molecule has 1 aliphatic carbocycles. The third kappa shape index (κ3) is 5.06. The van der Waals surface area contributed by atoms with Crippen molar-refractivity contribution in [3.05, 3.63) is 0 Å². The molecule has 1 saturated carbocycles. The van der Waals surface area contributed by atoms with Gasteiger partial charge in [0.05, 0.1) is 0 Å². The largest absolute Gasteiger partial charge is 0.370 e. The number of aliphatic imine (C=N–C) groups is 1. The molecule has 0 atom stereocenters. The van der Waals surface area contributed by atoms with Crippen molar-refractivity contribution in [2.24, 2.45) is 16.6 Å². The van der Waals surface area contributed by atoms with Crippen LogP contribution in [0.1, 0.15) is 33.1 Å². The van der Waals surface area contributed by atoms with Crippen molar-refractivity contribution in [2.45, 2.75) is 39.2 Å². The Kier molecular flexibility index (Phi) is 5.25. The Labute approximate surface area is 103 Å². The molecule has 1 amide bonds. The summed E-state index contributed by atoms with van der Waals surface area (Å²) in [5.74, 6) is 0.754. The maximum absolute atomic E-state index is 11.3. The lowest BCUT2D eigenvalue weighted by Gasteiger charge is -2.16. The van der Waals surface area contributed by atoms with Crippen LogP contribution in [0.4, 0.5) is 0 Å². The standard InChI is InChI=1S/C12H24N4O/c1-9(2)11(17)14-7-4-8-15-12(13)16(3)10-5-6-10/h9-10H,4-8H2,1-3H3,(H2,13,15)(H,14,17). The highest BCUT2D eigenvalue weighted by molar-refractivity contribution is 5.78. The average Bonchev–Trinajstić information content (AvgIpc) is 3.10. The number of hydrogen-bond acceptors (Lipinski definition) is 2. The Bertz CT molecular complexity index is 284. The number of hydrogen-bond donors (Lipinski definition) is 2. The molecule has 0 saturated heterocycles. The summed E-state index contributed by atoms with van der Waals surface area (Å²) in [7, 11) is 1.98. The minimum atomic E-state index is 0.0459. The average molecular weight is 240 g/mol. The molecule has 0 unspecified atom stereocenters. The fourth-order valence-corrected chi connectivity index (χ4v) is 1.45. The lowest BCUT2D eigenvalue weighted by molar-refractivity contribution is -0.123. The van der Waals surface area contributed by atoms with E-state index < -0.39 is 0 Å².